The van der Waals surface area contributed by atoms with Crippen LogP contribution in [0.2, 0.25) is 0 Å². The summed E-state index contributed by atoms with van der Waals surface area (Å²) in [4.78, 5) is 25.8. The second-order valence-electron chi connectivity index (χ2n) is 5.58. The minimum atomic E-state index is -0.874. The maximum absolute atomic E-state index is 13.5. The van der Waals surface area contributed by atoms with E-state index < -0.39 is 18.0 Å². The van der Waals surface area contributed by atoms with E-state index >= 15 is 0 Å². The molecule has 1 aromatic rings. The number of nitrogens with zero attached hydrogens (tertiary/aromatic N) is 1. The molecule has 6 nitrogen and oxygen atoms in total. The molecule has 0 aromatic heterocycles. The van der Waals surface area contributed by atoms with Crippen molar-refractivity contribution in [3.05, 3.63) is 35.6 Å². The van der Waals surface area contributed by atoms with Crippen LogP contribution in [0.1, 0.15) is 24.9 Å². The van der Waals surface area contributed by atoms with E-state index in [-0.39, 0.29) is 18.4 Å². The first-order valence-electron chi connectivity index (χ1n) is 8.02. The van der Waals surface area contributed by atoms with Crippen LogP contribution >= 0.6 is 0 Å². The van der Waals surface area contributed by atoms with Crippen molar-refractivity contribution in [2.75, 3.05) is 33.4 Å². The number of benzene rings is 1. The Labute approximate surface area is 140 Å². The number of morpholine rings is 1. The van der Waals surface area contributed by atoms with Gasteiger partial charge < -0.3 is 19.7 Å². The van der Waals surface area contributed by atoms with Crippen LogP contribution in [0.25, 0.3) is 0 Å². The van der Waals surface area contributed by atoms with Gasteiger partial charge in [0.25, 0.3) is 5.91 Å². The molecule has 2 rings (SSSR count). The molecule has 1 heterocycles. The first-order valence-corrected chi connectivity index (χ1v) is 8.02. The summed E-state index contributed by atoms with van der Waals surface area (Å²) in [5.41, 5.74) is 0.528. The quantitative estimate of drug-likeness (QED) is 0.760. The van der Waals surface area contributed by atoms with E-state index in [2.05, 4.69) is 5.32 Å². The predicted molar refractivity (Wildman–Crippen MR) is 85.8 cm³/mol. The van der Waals surface area contributed by atoms with Crippen molar-refractivity contribution in [3.63, 3.8) is 0 Å². The van der Waals surface area contributed by atoms with Gasteiger partial charge in [0.2, 0.25) is 5.91 Å². The Bertz CT molecular complexity index is 581. The van der Waals surface area contributed by atoms with Crippen LogP contribution in [0.5, 0.6) is 0 Å². The van der Waals surface area contributed by atoms with Crippen LogP contribution in [-0.2, 0) is 19.1 Å². The maximum Gasteiger partial charge on any atom is 0.251 e. The number of rotatable bonds is 7. The number of likely N-dealkylation sites (N-methyl/N-ethyl adjacent to an activating group) is 1. The average molecular weight is 338 g/mol. The van der Waals surface area contributed by atoms with Gasteiger partial charge in [0.15, 0.2) is 6.10 Å². The summed E-state index contributed by atoms with van der Waals surface area (Å²) in [6, 6.07) is 5.21. The Morgan fingerprint density at radius 3 is 3.00 bits per heavy atom. The van der Waals surface area contributed by atoms with Gasteiger partial charge in [0.05, 0.1) is 6.04 Å². The van der Waals surface area contributed by atoms with E-state index in [4.69, 9.17) is 9.47 Å². The molecule has 132 valence electrons. The molecule has 2 atom stereocenters. The molecule has 1 fully saturated rings. The van der Waals surface area contributed by atoms with Crippen molar-refractivity contribution in [2.45, 2.75) is 25.5 Å². The number of carbonyl (C=O) groups excluding carboxylic acids is 2. The predicted octanol–water partition coefficient (Wildman–Crippen LogP) is 1.27. The minimum absolute atomic E-state index is 0.167. The zero-order valence-corrected chi connectivity index (χ0v) is 14.0. The highest BCUT2D eigenvalue weighted by molar-refractivity contribution is 5.86. The second kappa shape index (κ2) is 8.75. The second-order valence-corrected chi connectivity index (χ2v) is 5.58. The molecule has 1 saturated heterocycles. The fourth-order valence-corrected chi connectivity index (χ4v) is 2.65. The van der Waals surface area contributed by atoms with Crippen molar-refractivity contribution in [3.8, 4) is 0 Å². The molecule has 2 amide bonds. The van der Waals surface area contributed by atoms with E-state index in [1.807, 2.05) is 6.92 Å². The number of nitrogens with one attached hydrogen (secondary N) is 1. The monoisotopic (exact) mass is 338 g/mol. The van der Waals surface area contributed by atoms with Gasteiger partial charge >= 0.3 is 0 Å². The van der Waals surface area contributed by atoms with Crippen LogP contribution < -0.4 is 5.32 Å². The van der Waals surface area contributed by atoms with Crippen LogP contribution in [-0.4, -0.2) is 56.2 Å². The molecule has 0 aliphatic carbocycles. The number of carbonyl (C=O) groups is 2. The molecule has 1 aliphatic rings. The topological polar surface area (TPSA) is 67.9 Å². The minimum Gasteiger partial charge on any atom is -0.382 e. The number of amides is 2. The Hall–Kier alpha value is -1.99. The van der Waals surface area contributed by atoms with Crippen LogP contribution in [0.4, 0.5) is 4.39 Å². The Morgan fingerprint density at radius 2 is 2.29 bits per heavy atom. The zero-order chi connectivity index (χ0) is 17.5. The summed E-state index contributed by atoms with van der Waals surface area (Å²) in [5, 5.41) is 2.79. The molecule has 1 aromatic carbocycles. The highest BCUT2D eigenvalue weighted by Crippen LogP contribution is 2.29. The van der Waals surface area contributed by atoms with E-state index in [0.717, 1.165) is 0 Å². The van der Waals surface area contributed by atoms with Gasteiger partial charge in [-0.25, -0.2) is 4.39 Å². The molecule has 1 N–H and O–H groups in total. The Morgan fingerprint density at radius 1 is 1.50 bits per heavy atom. The molecular weight excluding hydrogens is 315 g/mol. The highest BCUT2D eigenvalue weighted by Gasteiger charge is 2.39. The van der Waals surface area contributed by atoms with E-state index in [0.29, 0.717) is 31.7 Å². The maximum atomic E-state index is 13.5. The van der Waals surface area contributed by atoms with Crippen molar-refractivity contribution in [2.24, 2.45) is 0 Å². The lowest BCUT2D eigenvalue weighted by molar-refractivity contribution is -0.162. The molecule has 0 bridgehead atoms. The van der Waals surface area contributed by atoms with Gasteiger partial charge in [0, 0.05) is 26.8 Å². The van der Waals surface area contributed by atoms with Gasteiger partial charge in [0.1, 0.15) is 12.4 Å². The van der Waals surface area contributed by atoms with Crippen molar-refractivity contribution >= 4 is 11.8 Å². The summed E-state index contributed by atoms with van der Waals surface area (Å²) in [7, 11) is 1.59. The molecule has 0 saturated carbocycles. The zero-order valence-electron chi connectivity index (χ0n) is 14.0. The fourth-order valence-electron chi connectivity index (χ4n) is 2.65. The number of hydrogen-bond donors (Lipinski definition) is 1. The molecular formula is C17H23FN2O4. The summed E-state index contributed by atoms with van der Waals surface area (Å²) < 4.78 is 24.2. The SMILES string of the molecule is CCOCCCNC(=O)[C@@H]1OCC(=O)N(C)[C@@H]1c1cccc(F)c1. The molecule has 0 radical (unpaired) electrons. The number of ether oxygens (including phenoxy) is 2. The third-order valence-electron chi connectivity index (χ3n) is 3.90. The average Bonchev–Trinajstić information content (AvgIpc) is 2.56. The van der Waals surface area contributed by atoms with Gasteiger partial charge in [-0.15, -0.1) is 0 Å². The largest absolute Gasteiger partial charge is 0.382 e. The van der Waals surface area contributed by atoms with Gasteiger partial charge in [-0.05, 0) is 31.0 Å². The Kier molecular flexibility index (Phi) is 6.69. The fraction of sp³-hybridized carbons (Fsp3) is 0.529. The standard InChI is InChI=1S/C17H23FN2O4/c1-3-23-9-5-8-19-17(22)16-15(20(2)14(21)11-24-16)12-6-4-7-13(18)10-12/h4,6-7,10,15-16H,3,5,8-9,11H2,1-2H3,(H,19,22)/t15-,16-/m1/s1. The van der Waals surface area contributed by atoms with Gasteiger partial charge in [-0.3, -0.25) is 9.59 Å². The molecule has 24 heavy (non-hydrogen) atoms. The smallest absolute Gasteiger partial charge is 0.251 e. The Balaban J connectivity index is 2.07. The van der Waals surface area contributed by atoms with E-state index in [1.165, 1.54) is 17.0 Å². The van der Waals surface area contributed by atoms with E-state index in [9.17, 15) is 14.0 Å². The summed E-state index contributed by atoms with van der Waals surface area (Å²) in [5.74, 6) is -0.987. The van der Waals surface area contributed by atoms with Gasteiger partial charge in [-0.1, -0.05) is 12.1 Å². The highest BCUT2D eigenvalue weighted by atomic mass is 19.1. The van der Waals surface area contributed by atoms with E-state index in [1.54, 1.807) is 19.2 Å². The lowest BCUT2D eigenvalue weighted by Gasteiger charge is -2.38. The lowest BCUT2D eigenvalue weighted by Crippen LogP contribution is -2.53. The van der Waals surface area contributed by atoms with Crippen molar-refractivity contribution < 1.29 is 23.5 Å². The lowest BCUT2D eigenvalue weighted by atomic mass is 9.97. The normalized spacial score (nSPS) is 21.0. The first kappa shape index (κ1) is 18.4. The van der Waals surface area contributed by atoms with Crippen molar-refractivity contribution in [1.29, 1.82) is 0 Å². The number of halogens is 1. The summed E-state index contributed by atoms with van der Waals surface area (Å²) in [6.07, 6.45) is -0.187. The van der Waals surface area contributed by atoms with Crippen LogP contribution in [0, 0.1) is 5.82 Å². The van der Waals surface area contributed by atoms with Crippen LogP contribution in [0.15, 0.2) is 24.3 Å². The first-order chi connectivity index (χ1) is 11.5. The number of hydrogen-bond acceptors (Lipinski definition) is 4. The third-order valence-corrected chi connectivity index (χ3v) is 3.90. The van der Waals surface area contributed by atoms with Crippen molar-refractivity contribution in [1.82, 2.24) is 10.2 Å². The summed E-state index contributed by atoms with van der Waals surface area (Å²) >= 11 is 0. The molecule has 0 spiro atoms. The summed E-state index contributed by atoms with van der Waals surface area (Å²) in [6.45, 7) is 3.39. The third kappa shape index (κ3) is 4.52. The van der Waals surface area contributed by atoms with Crippen LogP contribution in [0.3, 0.4) is 0 Å². The molecule has 7 heteroatoms. The molecule has 1 aliphatic heterocycles. The van der Waals surface area contributed by atoms with Gasteiger partial charge in [-0.2, -0.15) is 0 Å². The molecule has 0 unspecified atom stereocenters.